The fourth-order valence-electron chi connectivity index (χ4n) is 4.14. The molecule has 0 saturated heterocycles. The quantitative estimate of drug-likeness (QED) is 0.747. The third kappa shape index (κ3) is 4.19. The van der Waals surface area contributed by atoms with Gasteiger partial charge in [0.2, 0.25) is 0 Å². The van der Waals surface area contributed by atoms with Crippen molar-refractivity contribution in [2.75, 3.05) is 6.61 Å². The van der Waals surface area contributed by atoms with Gasteiger partial charge < -0.3 is 9.84 Å². The predicted molar refractivity (Wildman–Crippen MR) is 79.3 cm³/mol. The first-order valence-corrected chi connectivity index (χ1v) is 8.59. The van der Waals surface area contributed by atoms with Gasteiger partial charge in [-0.2, -0.15) is 0 Å². The molecule has 2 saturated carbocycles. The SMILES string of the molecule is CCOC1(C(O)CC2CCCCC2)CCCCCC1. The lowest BCUT2D eigenvalue weighted by Gasteiger charge is -2.39. The minimum Gasteiger partial charge on any atom is -0.390 e. The molecule has 0 heterocycles. The Morgan fingerprint density at radius 1 is 1.00 bits per heavy atom. The average Bonchev–Trinajstić information content (AvgIpc) is 2.67. The number of ether oxygens (including phenoxy) is 1. The van der Waals surface area contributed by atoms with Crippen molar-refractivity contribution >= 4 is 0 Å². The lowest BCUT2D eigenvalue weighted by molar-refractivity contribution is -0.136. The molecule has 2 aliphatic rings. The highest BCUT2D eigenvalue weighted by Gasteiger charge is 2.39. The molecule has 0 radical (unpaired) electrons. The van der Waals surface area contributed by atoms with E-state index in [2.05, 4.69) is 6.92 Å². The van der Waals surface area contributed by atoms with Gasteiger partial charge in [-0.3, -0.25) is 0 Å². The van der Waals surface area contributed by atoms with Gasteiger partial charge >= 0.3 is 0 Å². The number of rotatable bonds is 5. The molecule has 0 aromatic carbocycles. The molecule has 1 atom stereocenters. The molecule has 2 heteroatoms. The third-order valence-electron chi connectivity index (χ3n) is 5.27. The highest BCUT2D eigenvalue weighted by atomic mass is 16.5. The smallest absolute Gasteiger partial charge is 0.0940 e. The Labute approximate surface area is 118 Å². The molecule has 1 N–H and O–H groups in total. The summed E-state index contributed by atoms with van der Waals surface area (Å²) in [5.74, 6) is 0.740. The molecular formula is C17H32O2. The Bertz CT molecular complexity index is 238. The Hall–Kier alpha value is -0.0800. The second-order valence-corrected chi connectivity index (χ2v) is 6.67. The molecule has 0 aromatic rings. The van der Waals surface area contributed by atoms with Gasteiger partial charge in [-0.15, -0.1) is 0 Å². The minimum atomic E-state index is -0.242. The summed E-state index contributed by atoms with van der Waals surface area (Å²) in [6.07, 6.45) is 14.7. The normalized spacial score (nSPS) is 26.8. The van der Waals surface area contributed by atoms with Gasteiger partial charge in [0.15, 0.2) is 0 Å². The summed E-state index contributed by atoms with van der Waals surface area (Å²) in [7, 11) is 0. The van der Waals surface area contributed by atoms with E-state index in [9.17, 15) is 5.11 Å². The van der Waals surface area contributed by atoms with Crippen LogP contribution in [0.25, 0.3) is 0 Å². The maximum atomic E-state index is 10.8. The zero-order chi connectivity index (χ0) is 13.6. The molecule has 1 unspecified atom stereocenters. The highest BCUT2D eigenvalue weighted by molar-refractivity contribution is 4.91. The van der Waals surface area contributed by atoms with E-state index in [0.29, 0.717) is 0 Å². The van der Waals surface area contributed by atoms with E-state index in [1.165, 1.54) is 57.8 Å². The van der Waals surface area contributed by atoms with Crippen molar-refractivity contribution in [3.8, 4) is 0 Å². The van der Waals surface area contributed by atoms with Crippen molar-refractivity contribution in [1.29, 1.82) is 0 Å². The van der Waals surface area contributed by atoms with Crippen LogP contribution in [-0.2, 0) is 4.74 Å². The van der Waals surface area contributed by atoms with Crippen molar-refractivity contribution < 1.29 is 9.84 Å². The molecule has 2 rings (SSSR count). The van der Waals surface area contributed by atoms with E-state index in [0.717, 1.165) is 31.8 Å². The van der Waals surface area contributed by atoms with Gasteiger partial charge in [-0.1, -0.05) is 57.8 Å². The average molecular weight is 268 g/mol. The predicted octanol–water partition coefficient (Wildman–Crippen LogP) is 4.45. The van der Waals surface area contributed by atoms with Crippen LogP contribution in [0.2, 0.25) is 0 Å². The molecule has 2 nitrogen and oxygen atoms in total. The molecular weight excluding hydrogens is 236 g/mol. The minimum absolute atomic E-state index is 0.220. The number of aliphatic hydroxyl groups is 1. The summed E-state index contributed by atoms with van der Waals surface area (Å²) in [5, 5.41) is 10.8. The van der Waals surface area contributed by atoms with Crippen molar-refractivity contribution in [3.63, 3.8) is 0 Å². The topological polar surface area (TPSA) is 29.5 Å². The van der Waals surface area contributed by atoms with E-state index in [1.54, 1.807) is 0 Å². The molecule has 2 aliphatic carbocycles. The van der Waals surface area contributed by atoms with Crippen LogP contribution in [0.1, 0.15) is 84.0 Å². The largest absolute Gasteiger partial charge is 0.390 e. The Morgan fingerprint density at radius 2 is 1.58 bits per heavy atom. The maximum absolute atomic E-state index is 10.8. The Morgan fingerprint density at radius 3 is 2.16 bits per heavy atom. The van der Waals surface area contributed by atoms with Crippen LogP contribution in [0.3, 0.4) is 0 Å². The van der Waals surface area contributed by atoms with Gasteiger partial charge in [0, 0.05) is 6.61 Å². The second kappa shape index (κ2) is 7.64. The van der Waals surface area contributed by atoms with Crippen LogP contribution in [0.4, 0.5) is 0 Å². The van der Waals surface area contributed by atoms with Crippen LogP contribution in [-0.4, -0.2) is 23.4 Å². The van der Waals surface area contributed by atoms with Crippen molar-refractivity contribution in [1.82, 2.24) is 0 Å². The Balaban J connectivity index is 1.95. The van der Waals surface area contributed by atoms with Gasteiger partial charge in [0.1, 0.15) is 0 Å². The fraction of sp³-hybridized carbons (Fsp3) is 1.00. The van der Waals surface area contributed by atoms with Crippen LogP contribution < -0.4 is 0 Å². The first-order chi connectivity index (χ1) is 9.27. The summed E-state index contributed by atoms with van der Waals surface area (Å²) >= 11 is 0. The molecule has 112 valence electrons. The van der Waals surface area contributed by atoms with Crippen LogP contribution in [0.5, 0.6) is 0 Å². The summed E-state index contributed by atoms with van der Waals surface area (Å²) in [6.45, 7) is 2.81. The summed E-state index contributed by atoms with van der Waals surface area (Å²) in [4.78, 5) is 0. The van der Waals surface area contributed by atoms with Crippen LogP contribution >= 0.6 is 0 Å². The Kier molecular flexibility index (Phi) is 6.15. The first kappa shape index (κ1) is 15.3. The molecule has 0 aromatic heterocycles. The second-order valence-electron chi connectivity index (χ2n) is 6.67. The van der Waals surface area contributed by atoms with Gasteiger partial charge in [-0.05, 0) is 32.1 Å². The number of hydrogen-bond donors (Lipinski definition) is 1. The lowest BCUT2D eigenvalue weighted by Crippen LogP contribution is -2.45. The van der Waals surface area contributed by atoms with Gasteiger partial charge in [0.25, 0.3) is 0 Å². The number of hydrogen-bond acceptors (Lipinski definition) is 2. The summed E-state index contributed by atoms with van der Waals surface area (Å²) in [6, 6.07) is 0. The van der Waals surface area contributed by atoms with E-state index in [1.807, 2.05) is 0 Å². The zero-order valence-corrected chi connectivity index (χ0v) is 12.7. The van der Waals surface area contributed by atoms with E-state index in [4.69, 9.17) is 4.74 Å². The van der Waals surface area contributed by atoms with E-state index < -0.39 is 0 Å². The molecule has 0 amide bonds. The molecule has 0 spiro atoms. The van der Waals surface area contributed by atoms with E-state index in [-0.39, 0.29) is 11.7 Å². The van der Waals surface area contributed by atoms with Crippen molar-refractivity contribution in [2.45, 2.75) is 95.7 Å². The fourth-order valence-corrected chi connectivity index (χ4v) is 4.14. The first-order valence-electron chi connectivity index (χ1n) is 8.59. The van der Waals surface area contributed by atoms with Crippen LogP contribution in [0, 0.1) is 5.92 Å². The van der Waals surface area contributed by atoms with Crippen molar-refractivity contribution in [2.24, 2.45) is 5.92 Å². The molecule has 0 bridgehead atoms. The van der Waals surface area contributed by atoms with Gasteiger partial charge in [-0.25, -0.2) is 0 Å². The maximum Gasteiger partial charge on any atom is 0.0940 e. The zero-order valence-electron chi connectivity index (χ0n) is 12.7. The third-order valence-corrected chi connectivity index (χ3v) is 5.27. The molecule has 2 fully saturated rings. The van der Waals surface area contributed by atoms with Crippen molar-refractivity contribution in [3.05, 3.63) is 0 Å². The molecule has 19 heavy (non-hydrogen) atoms. The monoisotopic (exact) mass is 268 g/mol. The lowest BCUT2D eigenvalue weighted by atomic mass is 9.79. The summed E-state index contributed by atoms with van der Waals surface area (Å²) in [5.41, 5.74) is -0.220. The summed E-state index contributed by atoms with van der Waals surface area (Å²) < 4.78 is 6.10. The van der Waals surface area contributed by atoms with E-state index >= 15 is 0 Å². The molecule has 0 aliphatic heterocycles. The standard InChI is InChI=1S/C17H32O2/c1-2-19-17(12-8-3-4-9-13-17)16(18)14-15-10-6-5-7-11-15/h15-16,18H,2-14H2,1H3. The van der Waals surface area contributed by atoms with Crippen LogP contribution in [0.15, 0.2) is 0 Å². The van der Waals surface area contributed by atoms with Gasteiger partial charge in [0.05, 0.1) is 11.7 Å². The highest BCUT2D eigenvalue weighted by Crippen LogP contribution is 2.38. The number of aliphatic hydroxyl groups excluding tert-OH is 1.